The maximum absolute atomic E-state index is 13.3. The number of nitrogens with one attached hydrogen (secondary N) is 1. The molecule has 3 nitrogen and oxygen atoms in total. The molecule has 0 saturated heterocycles. The summed E-state index contributed by atoms with van der Waals surface area (Å²) in [4.78, 5) is 17.3. The number of aromatic nitrogens is 1. The Morgan fingerprint density at radius 1 is 0.900 bits per heavy atom. The average Bonchev–Trinajstić information content (AvgIpc) is 2.74. The molecule has 0 radical (unpaired) electrons. The van der Waals surface area contributed by atoms with Crippen LogP contribution in [-0.2, 0) is 12.6 Å². The molecule has 0 fully saturated rings. The molecule has 0 aliphatic rings. The van der Waals surface area contributed by atoms with Crippen molar-refractivity contribution >= 4 is 22.5 Å². The molecule has 0 aliphatic heterocycles. The van der Waals surface area contributed by atoms with Gasteiger partial charge in [0.25, 0.3) is 5.91 Å². The number of rotatable bonds is 4. The monoisotopic (exact) mass is 406 g/mol. The van der Waals surface area contributed by atoms with Gasteiger partial charge in [-0.2, -0.15) is 13.2 Å². The third kappa shape index (κ3) is 4.17. The van der Waals surface area contributed by atoms with Crippen molar-refractivity contribution in [3.63, 3.8) is 0 Å². The molecule has 30 heavy (non-hydrogen) atoms. The first-order valence-electron chi connectivity index (χ1n) is 9.31. The summed E-state index contributed by atoms with van der Waals surface area (Å²) in [6.07, 6.45) is -2.60. The number of benzene rings is 3. The maximum atomic E-state index is 13.3. The van der Waals surface area contributed by atoms with Gasteiger partial charge in [0.15, 0.2) is 0 Å². The van der Waals surface area contributed by atoms with Crippen LogP contribution in [0.2, 0.25) is 0 Å². The van der Waals surface area contributed by atoms with Gasteiger partial charge in [0.05, 0.1) is 16.8 Å². The van der Waals surface area contributed by atoms with Crippen molar-refractivity contribution in [2.75, 3.05) is 5.32 Å². The zero-order chi connectivity index (χ0) is 21.1. The summed E-state index contributed by atoms with van der Waals surface area (Å²) in [5.41, 5.74) is 1.56. The number of carbonyl (C=O) groups is 1. The Kier molecular flexibility index (Phi) is 5.23. The highest BCUT2D eigenvalue weighted by molar-refractivity contribution is 6.09. The zero-order valence-corrected chi connectivity index (χ0v) is 15.8. The fourth-order valence-electron chi connectivity index (χ4n) is 3.33. The first kappa shape index (κ1) is 19.6. The number of nitrogens with zero attached hydrogens (tertiary/aromatic N) is 1. The molecule has 1 heterocycles. The van der Waals surface area contributed by atoms with Crippen molar-refractivity contribution in [3.05, 3.63) is 107 Å². The second kappa shape index (κ2) is 7.99. The number of anilines is 1. The molecule has 0 unspecified atom stereocenters. The normalized spacial score (nSPS) is 11.4. The molecule has 150 valence electrons. The predicted molar refractivity (Wildman–Crippen MR) is 110 cm³/mol. The van der Waals surface area contributed by atoms with Gasteiger partial charge in [0.2, 0.25) is 0 Å². The summed E-state index contributed by atoms with van der Waals surface area (Å²) in [6.45, 7) is 0. The molecular formula is C24H17F3N2O. The van der Waals surface area contributed by atoms with Gasteiger partial charge in [-0.25, -0.2) is 0 Å². The lowest BCUT2D eigenvalue weighted by Gasteiger charge is -2.15. The van der Waals surface area contributed by atoms with Crippen LogP contribution in [0, 0.1) is 0 Å². The summed E-state index contributed by atoms with van der Waals surface area (Å²) in [5.74, 6) is -0.606. The molecule has 1 aromatic heterocycles. The lowest BCUT2D eigenvalue weighted by Crippen LogP contribution is -2.17. The van der Waals surface area contributed by atoms with Gasteiger partial charge in [-0.3, -0.25) is 9.78 Å². The Morgan fingerprint density at radius 3 is 2.43 bits per heavy atom. The van der Waals surface area contributed by atoms with Crippen molar-refractivity contribution in [1.29, 1.82) is 0 Å². The Bertz CT molecular complexity index is 1200. The summed E-state index contributed by atoms with van der Waals surface area (Å²) in [6, 6.07) is 21.5. The summed E-state index contributed by atoms with van der Waals surface area (Å²) >= 11 is 0. The van der Waals surface area contributed by atoms with E-state index >= 15 is 0 Å². The van der Waals surface area contributed by atoms with E-state index in [1.165, 1.54) is 6.07 Å². The number of hydrogen-bond donors (Lipinski definition) is 1. The smallest absolute Gasteiger partial charge is 0.320 e. The number of pyridine rings is 1. The Labute approximate surface area is 171 Å². The first-order valence-corrected chi connectivity index (χ1v) is 9.31. The largest absolute Gasteiger partial charge is 0.416 e. The number of hydrogen-bond acceptors (Lipinski definition) is 2. The Hall–Kier alpha value is -3.67. The van der Waals surface area contributed by atoms with Crippen LogP contribution < -0.4 is 5.32 Å². The second-order valence-corrected chi connectivity index (χ2v) is 6.87. The standard InChI is InChI=1S/C24H17F3N2O/c25-24(26,27)19-12-11-18(14-16-6-2-1-3-7-16)20(15-19)23(30)29-21-10-4-8-17-9-5-13-28-22(17)21/h1-13,15H,14H2,(H,29,30). The maximum Gasteiger partial charge on any atom is 0.416 e. The van der Waals surface area contributed by atoms with Crippen LogP contribution in [0.5, 0.6) is 0 Å². The molecule has 0 atom stereocenters. The topological polar surface area (TPSA) is 42.0 Å². The minimum atomic E-state index is -4.54. The number of halogens is 3. The fraction of sp³-hybridized carbons (Fsp3) is 0.0833. The first-order chi connectivity index (χ1) is 14.4. The Morgan fingerprint density at radius 2 is 1.67 bits per heavy atom. The van der Waals surface area contributed by atoms with E-state index in [0.29, 0.717) is 23.2 Å². The van der Waals surface area contributed by atoms with Gasteiger partial charge in [0.1, 0.15) is 0 Å². The van der Waals surface area contributed by atoms with Crippen molar-refractivity contribution in [3.8, 4) is 0 Å². The second-order valence-electron chi connectivity index (χ2n) is 6.87. The summed E-state index contributed by atoms with van der Waals surface area (Å²) in [7, 11) is 0. The van der Waals surface area contributed by atoms with E-state index in [9.17, 15) is 18.0 Å². The van der Waals surface area contributed by atoms with Crippen molar-refractivity contribution in [2.45, 2.75) is 12.6 Å². The number of para-hydroxylation sites is 1. The Balaban J connectivity index is 1.73. The van der Waals surface area contributed by atoms with E-state index in [1.807, 2.05) is 42.5 Å². The van der Waals surface area contributed by atoms with Gasteiger partial charge in [-0.1, -0.05) is 54.6 Å². The fourth-order valence-corrected chi connectivity index (χ4v) is 3.33. The molecule has 1 amide bonds. The molecule has 6 heteroatoms. The van der Waals surface area contributed by atoms with Crippen LogP contribution in [0.3, 0.4) is 0 Å². The number of fused-ring (bicyclic) bond motifs is 1. The minimum Gasteiger partial charge on any atom is -0.320 e. The molecule has 3 aromatic carbocycles. The highest BCUT2D eigenvalue weighted by Gasteiger charge is 2.31. The number of alkyl halides is 3. The molecule has 0 spiro atoms. The minimum absolute atomic E-state index is 0.0124. The van der Waals surface area contributed by atoms with E-state index in [4.69, 9.17) is 0 Å². The van der Waals surface area contributed by atoms with Crippen molar-refractivity contribution in [1.82, 2.24) is 4.98 Å². The predicted octanol–water partition coefficient (Wildman–Crippen LogP) is 6.10. The summed E-state index contributed by atoms with van der Waals surface area (Å²) < 4.78 is 39.9. The van der Waals surface area contributed by atoms with E-state index in [0.717, 1.165) is 23.1 Å². The molecular weight excluding hydrogens is 389 g/mol. The quantitative estimate of drug-likeness (QED) is 0.445. The third-order valence-corrected chi connectivity index (χ3v) is 4.80. The van der Waals surface area contributed by atoms with Crippen LogP contribution in [0.4, 0.5) is 18.9 Å². The van der Waals surface area contributed by atoms with Crippen LogP contribution >= 0.6 is 0 Å². The highest BCUT2D eigenvalue weighted by Crippen LogP contribution is 2.32. The van der Waals surface area contributed by atoms with Gasteiger partial charge < -0.3 is 5.32 Å². The van der Waals surface area contributed by atoms with Crippen LogP contribution in [0.1, 0.15) is 27.0 Å². The van der Waals surface area contributed by atoms with Crippen LogP contribution in [0.25, 0.3) is 10.9 Å². The molecule has 1 N–H and O–H groups in total. The number of carbonyl (C=O) groups excluding carboxylic acids is 1. The van der Waals surface area contributed by atoms with Gasteiger partial charge >= 0.3 is 6.18 Å². The molecule has 0 bridgehead atoms. The number of amides is 1. The van der Waals surface area contributed by atoms with E-state index in [2.05, 4.69) is 10.3 Å². The highest BCUT2D eigenvalue weighted by atomic mass is 19.4. The molecule has 0 saturated carbocycles. The van der Waals surface area contributed by atoms with Crippen LogP contribution in [-0.4, -0.2) is 10.9 Å². The molecule has 4 rings (SSSR count). The SMILES string of the molecule is O=C(Nc1cccc2cccnc12)c1cc(C(F)(F)F)ccc1Cc1ccccc1. The van der Waals surface area contributed by atoms with E-state index in [1.54, 1.807) is 24.4 Å². The zero-order valence-electron chi connectivity index (χ0n) is 15.8. The van der Waals surface area contributed by atoms with E-state index < -0.39 is 17.6 Å². The molecule has 0 aliphatic carbocycles. The third-order valence-electron chi connectivity index (χ3n) is 4.80. The van der Waals surface area contributed by atoms with Crippen molar-refractivity contribution < 1.29 is 18.0 Å². The van der Waals surface area contributed by atoms with Crippen LogP contribution in [0.15, 0.2) is 85.1 Å². The van der Waals surface area contributed by atoms with E-state index in [-0.39, 0.29) is 5.56 Å². The lowest BCUT2D eigenvalue weighted by atomic mass is 9.97. The van der Waals surface area contributed by atoms with Gasteiger partial charge in [-0.05, 0) is 41.8 Å². The van der Waals surface area contributed by atoms with Gasteiger partial charge in [0, 0.05) is 17.1 Å². The van der Waals surface area contributed by atoms with Gasteiger partial charge in [-0.15, -0.1) is 0 Å². The van der Waals surface area contributed by atoms with Crippen molar-refractivity contribution in [2.24, 2.45) is 0 Å². The lowest BCUT2D eigenvalue weighted by molar-refractivity contribution is -0.137. The molecule has 4 aromatic rings. The summed E-state index contributed by atoms with van der Waals surface area (Å²) in [5, 5.41) is 3.56. The average molecular weight is 406 g/mol.